The highest BCUT2D eigenvalue weighted by Crippen LogP contribution is 2.55. The van der Waals surface area contributed by atoms with E-state index < -0.39 is 8.07 Å². The number of rotatable bonds is 4. The minimum Gasteiger partial charge on any atom is -0.453 e. The van der Waals surface area contributed by atoms with Gasteiger partial charge in [-0.15, -0.1) is 0 Å². The van der Waals surface area contributed by atoms with Crippen LogP contribution in [0.2, 0.25) is 12.1 Å². The zero-order valence-electron chi connectivity index (χ0n) is 35.1. The van der Waals surface area contributed by atoms with Crippen molar-refractivity contribution in [2.75, 3.05) is 9.80 Å². The summed E-state index contributed by atoms with van der Waals surface area (Å²) < 4.78 is 12.8. The lowest BCUT2D eigenvalue weighted by Crippen LogP contribution is -2.52. The van der Waals surface area contributed by atoms with Crippen LogP contribution in [0.15, 0.2) is 169 Å². The van der Waals surface area contributed by atoms with Crippen LogP contribution in [0.25, 0.3) is 28.9 Å². The Balaban J connectivity index is 0.822. The summed E-state index contributed by atoms with van der Waals surface area (Å²) in [5, 5.41) is 3.26. The van der Waals surface area contributed by atoms with E-state index in [-0.39, 0.29) is 11.5 Å². The lowest BCUT2D eigenvalue weighted by atomic mass is 9.77. The Bertz CT molecular complexity index is 3040. The van der Waals surface area contributed by atoms with Crippen molar-refractivity contribution in [2.45, 2.75) is 56.7 Å². The SMILES string of the molecule is CC1(C)C2=C(C=CC(N3c4ccccc4Oc4ccccc43)C2)c2ccc(C=Cc3ccc4c(c3)-c3cc(N5c6ccccc6Oc6ccccc65)ccc3[Si]43CCCC3)cc21. The lowest BCUT2D eigenvalue weighted by molar-refractivity contribution is 0.468. The Hall–Kier alpha value is -6.82. The molecule has 4 heterocycles. The molecular formula is C57H46N2O2Si. The molecule has 0 N–H and O–H groups in total. The van der Waals surface area contributed by atoms with E-state index in [9.17, 15) is 0 Å². The van der Waals surface area contributed by atoms with E-state index in [4.69, 9.17) is 9.47 Å². The van der Waals surface area contributed by atoms with Gasteiger partial charge < -0.3 is 19.3 Å². The van der Waals surface area contributed by atoms with Gasteiger partial charge in [-0.05, 0) is 140 Å². The summed E-state index contributed by atoms with van der Waals surface area (Å²) in [6.45, 7) is 4.84. The number of hydrogen-bond donors (Lipinski definition) is 0. The Labute approximate surface area is 364 Å². The summed E-state index contributed by atoms with van der Waals surface area (Å²) >= 11 is 0. The summed E-state index contributed by atoms with van der Waals surface area (Å²) in [5.74, 6) is 3.59. The van der Waals surface area contributed by atoms with Gasteiger partial charge in [-0.1, -0.05) is 136 Å². The third-order valence-electron chi connectivity index (χ3n) is 14.8. The lowest BCUT2D eigenvalue weighted by Gasteiger charge is -2.40. The smallest absolute Gasteiger partial charge is 0.151 e. The van der Waals surface area contributed by atoms with Crippen LogP contribution in [0.4, 0.5) is 28.4 Å². The molecular weight excluding hydrogens is 773 g/mol. The minimum atomic E-state index is -1.82. The maximum absolute atomic E-state index is 6.39. The van der Waals surface area contributed by atoms with Gasteiger partial charge in [0.15, 0.2) is 23.0 Å². The first-order chi connectivity index (χ1) is 30.4. The van der Waals surface area contributed by atoms with Gasteiger partial charge in [-0.2, -0.15) is 0 Å². The Kier molecular flexibility index (Phi) is 7.72. The second-order valence-corrected chi connectivity index (χ2v) is 22.6. The molecule has 2 aliphatic carbocycles. The van der Waals surface area contributed by atoms with Crippen molar-refractivity contribution in [3.05, 3.63) is 192 Å². The van der Waals surface area contributed by atoms with Crippen LogP contribution in [-0.2, 0) is 5.41 Å². The summed E-state index contributed by atoms with van der Waals surface area (Å²) in [5.41, 5.74) is 16.5. The van der Waals surface area contributed by atoms with Crippen LogP contribution in [0.3, 0.4) is 0 Å². The molecule has 13 rings (SSSR count). The van der Waals surface area contributed by atoms with E-state index in [0.717, 1.165) is 52.2 Å². The molecule has 1 unspecified atom stereocenters. The molecule has 62 heavy (non-hydrogen) atoms. The molecule has 300 valence electrons. The highest BCUT2D eigenvalue weighted by molar-refractivity contribution is 7.06. The van der Waals surface area contributed by atoms with Gasteiger partial charge in [0.2, 0.25) is 0 Å². The van der Waals surface area contributed by atoms with Crippen molar-refractivity contribution >= 4 is 64.6 Å². The number of nitrogens with zero attached hydrogens (tertiary/aromatic N) is 2. The van der Waals surface area contributed by atoms with E-state index in [1.165, 1.54) is 75.1 Å². The number of anilines is 5. The Morgan fingerprint density at radius 1 is 0.565 bits per heavy atom. The van der Waals surface area contributed by atoms with Crippen molar-refractivity contribution in [1.29, 1.82) is 0 Å². The second kappa shape index (κ2) is 13.3. The predicted molar refractivity (Wildman–Crippen MR) is 258 cm³/mol. The van der Waals surface area contributed by atoms with Crippen molar-refractivity contribution < 1.29 is 9.47 Å². The molecule has 0 aromatic heterocycles. The van der Waals surface area contributed by atoms with Gasteiger partial charge in [-0.3, -0.25) is 0 Å². The van der Waals surface area contributed by atoms with E-state index in [2.05, 4.69) is 200 Å². The predicted octanol–water partition coefficient (Wildman–Crippen LogP) is 14.1. The number of hydrogen-bond acceptors (Lipinski definition) is 4. The minimum absolute atomic E-state index is 0.0976. The second-order valence-electron chi connectivity index (χ2n) is 18.4. The van der Waals surface area contributed by atoms with E-state index in [1.54, 1.807) is 10.4 Å². The fourth-order valence-corrected chi connectivity index (χ4v) is 17.4. The van der Waals surface area contributed by atoms with E-state index in [0.29, 0.717) is 0 Å². The molecule has 4 aliphatic heterocycles. The number of ether oxygens (including phenoxy) is 2. The summed E-state index contributed by atoms with van der Waals surface area (Å²) in [4.78, 5) is 4.87. The molecule has 6 aliphatic rings. The Morgan fingerprint density at radius 3 is 1.74 bits per heavy atom. The maximum Gasteiger partial charge on any atom is 0.151 e. The molecule has 7 aromatic carbocycles. The first-order valence-corrected chi connectivity index (χ1v) is 24.7. The molecule has 4 nitrogen and oxygen atoms in total. The van der Waals surface area contributed by atoms with Crippen LogP contribution in [0.1, 0.15) is 55.4 Å². The highest BCUT2D eigenvalue weighted by Gasteiger charge is 2.47. The fraction of sp³-hybridized carbons (Fsp3) is 0.158. The number of para-hydroxylation sites is 8. The number of allylic oxidation sites excluding steroid dienone is 2. The quantitative estimate of drug-likeness (QED) is 0.130. The van der Waals surface area contributed by atoms with E-state index in [1.807, 2.05) is 0 Å². The number of fused-ring (bicyclic) bond motifs is 11. The van der Waals surface area contributed by atoms with Gasteiger partial charge in [0, 0.05) is 11.1 Å². The van der Waals surface area contributed by atoms with Crippen LogP contribution in [0.5, 0.6) is 23.0 Å². The average Bonchev–Trinajstić information content (AvgIpc) is 3.97. The third kappa shape index (κ3) is 5.18. The van der Waals surface area contributed by atoms with Crippen molar-refractivity contribution in [3.8, 4) is 34.1 Å². The average molecular weight is 819 g/mol. The van der Waals surface area contributed by atoms with Crippen LogP contribution >= 0.6 is 0 Å². The van der Waals surface area contributed by atoms with Crippen LogP contribution < -0.4 is 29.6 Å². The summed E-state index contributed by atoms with van der Waals surface area (Å²) in [6.07, 6.45) is 13.1. The first kappa shape index (κ1) is 35.9. The highest BCUT2D eigenvalue weighted by atomic mass is 28.3. The molecule has 0 saturated carbocycles. The van der Waals surface area contributed by atoms with Crippen molar-refractivity contribution in [1.82, 2.24) is 0 Å². The molecule has 5 heteroatoms. The van der Waals surface area contributed by atoms with Crippen molar-refractivity contribution in [2.24, 2.45) is 0 Å². The van der Waals surface area contributed by atoms with E-state index >= 15 is 0 Å². The molecule has 1 saturated heterocycles. The van der Waals surface area contributed by atoms with Gasteiger partial charge in [-0.25, -0.2) is 0 Å². The van der Waals surface area contributed by atoms with Crippen molar-refractivity contribution in [3.63, 3.8) is 0 Å². The standard InChI is InChI=1S/C57H46N2O2Si/c1-57(2)45-34-38(23-27-41(45)42-28-25-40(36-46(42)57)59-49-15-5-9-19-53(49)61-54-20-10-6-16-50(54)59)22-21-37-24-29-55-43(33-37)44-35-39(26-30-56(44)62(55)31-11-12-32-62)58-47-13-3-7-17-51(47)60-52-18-8-4-14-48(52)58/h3-10,13-30,33-35,40H,11-12,31-32,36H2,1-2H3. The molecule has 7 aromatic rings. The van der Waals surface area contributed by atoms with Gasteiger partial charge in [0.1, 0.15) is 8.07 Å². The van der Waals surface area contributed by atoms with Crippen LogP contribution in [-0.4, -0.2) is 14.1 Å². The molecule has 0 bridgehead atoms. The Morgan fingerprint density at radius 2 is 1.10 bits per heavy atom. The van der Waals surface area contributed by atoms with Gasteiger partial charge in [0.25, 0.3) is 0 Å². The monoisotopic (exact) mass is 818 g/mol. The zero-order chi connectivity index (χ0) is 41.2. The summed E-state index contributed by atoms with van der Waals surface area (Å²) in [6, 6.07) is 58.4. The van der Waals surface area contributed by atoms with Crippen LogP contribution in [0, 0.1) is 0 Å². The largest absolute Gasteiger partial charge is 0.453 e. The van der Waals surface area contributed by atoms with Gasteiger partial charge >= 0.3 is 0 Å². The third-order valence-corrected chi connectivity index (χ3v) is 20.1. The topological polar surface area (TPSA) is 24.9 Å². The molecule has 0 amide bonds. The molecule has 1 atom stereocenters. The molecule has 1 spiro atoms. The first-order valence-electron chi connectivity index (χ1n) is 22.3. The zero-order valence-corrected chi connectivity index (χ0v) is 36.1. The maximum atomic E-state index is 6.39. The summed E-state index contributed by atoms with van der Waals surface area (Å²) in [7, 11) is -1.82. The molecule has 0 radical (unpaired) electrons. The number of benzene rings is 7. The molecule has 1 fully saturated rings. The normalized spacial score (nSPS) is 18.9. The fourth-order valence-electron chi connectivity index (χ4n) is 11.8. The van der Waals surface area contributed by atoms with Gasteiger partial charge in [0.05, 0.1) is 28.8 Å².